The highest BCUT2D eigenvalue weighted by atomic mass is 16.4. The fourth-order valence-corrected chi connectivity index (χ4v) is 3.47. The Kier molecular flexibility index (Phi) is 3.43. The maximum absolute atomic E-state index is 10.6. The van der Waals surface area contributed by atoms with Gasteiger partial charge in [-0.2, -0.15) is 0 Å². The van der Waals surface area contributed by atoms with Crippen LogP contribution in [0.4, 0.5) is 4.79 Å². The second kappa shape index (κ2) is 5.05. The second-order valence-electron chi connectivity index (χ2n) is 5.93. The molecule has 2 saturated heterocycles. The van der Waals surface area contributed by atoms with Crippen LogP contribution in [-0.4, -0.2) is 65.3 Å². The minimum Gasteiger partial charge on any atom is -0.465 e. The number of likely N-dealkylation sites (tertiary alicyclic amines) is 2. The summed E-state index contributed by atoms with van der Waals surface area (Å²) in [4.78, 5) is 15.8. The van der Waals surface area contributed by atoms with Crippen molar-refractivity contribution in [3.63, 3.8) is 0 Å². The zero-order valence-corrected chi connectivity index (χ0v) is 10.8. The number of piperidine rings is 1. The predicted octanol–water partition coefficient (Wildman–Crippen LogP) is 0.955. The van der Waals surface area contributed by atoms with Gasteiger partial charge in [0.2, 0.25) is 0 Å². The highest BCUT2D eigenvalue weighted by Crippen LogP contribution is 2.31. The fourth-order valence-electron chi connectivity index (χ4n) is 3.47. The molecule has 2 N–H and O–H groups in total. The van der Waals surface area contributed by atoms with Gasteiger partial charge in [-0.1, -0.05) is 0 Å². The van der Waals surface area contributed by atoms with E-state index in [2.05, 4.69) is 15.1 Å². The molecular formula is C13H23N3O2. The van der Waals surface area contributed by atoms with Crippen LogP contribution in [0.3, 0.4) is 0 Å². The van der Waals surface area contributed by atoms with E-state index in [1.807, 2.05) is 0 Å². The lowest BCUT2D eigenvalue weighted by molar-refractivity contribution is 0.120. The van der Waals surface area contributed by atoms with Gasteiger partial charge in [-0.15, -0.1) is 0 Å². The van der Waals surface area contributed by atoms with Gasteiger partial charge in [0, 0.05) is 31.2 Å². The van der Waals surface area contributed by atoms with Crippen LogP contribution >= 0.6 is 0 Å². The quantitative estimate of drug-likeness (QED) is 0.786. The number of rotatable bonds is 3. The summed E-state index contributed by atoms with van der Waals surface area (Å²) >= 11 is 0. The molecule has 2 aliphatic heterocycles. The molecule has 0 aromatic rings. The summed E-state index contributed by atoms with van der Waals surface area (Å²) in [5.74, 6) is 0. The first-order valence-corrected chi connectivity index (χ1v) is 7.20. The van der Waals surface area contributed by atoms with Crippen LogP contribution in [0.2, 0.25) is 0 Å². The van der Waals surface area contributed by atoms with E-state index in [-0.39, 0.29) is 6.04 Å². The molecule has 102 valence electrons. The maximum Gasteiger partial charge on any atom is 0.404 e. The molecule has 3 rings (SSSR count). The first kappa shape index (κ1) is 12.2. The molecular weight excluding hydrogens is 230 g/mol. The summed E-state index contributed by atoms with van der Waals surface area (Å²) in [5, 5.41) is 11.3. The van der Waals surface area contributed by atoms with Crippen molar-refractivity contribution < 1.29 is 9.90 Å². The summed E-state index contributed by atoms with van der Waals surface area (Å²) < 4.78 is 0. The van der Waals surface area contributed by atoms with Crippen molar-refractivity contribution in [2.45, 2.75) is 50.2 Å². The van der Waals surface area contributed by atoms with E-state index in [0.29, 0.717) is 6.04 Å². The van der Waals surface area contributed by atoms with Gasteiger partial charge in [0.15, 0.2) is 0 Å². The van der Waals surface area contributed by atoms with Crippen molar-refractivity contribution in [3.8, 4) is 0 Å². The van der Waals surface area contributed by atoms with Crippen LogP contribution in [-0.2, 0) is 0 Å². The van der Waals surface area contributed by atoms with E-state index in [4.69, 9.17) is 5.11 Å². The van der Waals surface area contributed by atoms with E-state index in [1.54, 1.807) is 0 Å². The highest BCUT2D eigenvalue weighted by Gasteiger charge is 2.35. The number of carboxylic acid groups (broad SMARTS) is 1. The van der Waals surface area contributed by atoms with Crippen LogP contribution < -0.4 is 5.32 Å². The maximum atomic E-state index is 10.6. The highest BCUT2D eigenvalue weighted by molar-refractivity contribution is 5.64. The number of nitrogens with one attached hydrogen (secondary N) is 1. The van der Waals surface area contributed by atoms with E-state index in [9.17, 15) is 4.79 Å². The lowest BCUT2D eigenvalue weighted by Crippen LogP contribution is -2.46. The molecule has 0 aromatic carbocycles. The minimum absolute atomic E-state index is 0.143. The molecule has 0 spiro atoms. The third-order valence-electron chi connectivity index (χ3n) is 4.63. The molecule has 1 atom stereocenters. The lowest BCUT2D eigenvalue weighted by Gasteiger charge is -2.36. The van der Waals surface area contributed by atoms with E-state index >= 15 is 0 Å². The van der Waals surface area contributed by atoms with Crippen molar-refractivity contribution in [1.29, 1.82) is 0 Å². The fraction of sp³-hybridized carbons (Fsp3) is 0.923. The molecule has 3 fully saturated rings. The third-order valence-corrected chi connectivity index (χ3v) is 4.63. The molecule has 3 aliphatic rings. The van der Waals surface area contributed by atoms with Crippen molar-refractivity contribution in [2.75, 3.05) is 26.2 Å². The largest absolute Gasteiger partial charge is 0.465 e. The van der Waals surface area contributed by atoms with Gasteiger partial charge in [-0.25, -0.2) is 4.79 Å². The van der Waals surface area contributed by atoms with E-state index in [0.717, 1.165) is 25.6 Å². The van der Waals surface area contributed by atoms with Gasteiger partial charge in [0.1, 0.15) is 0 Å². The van der Waals surface area contributed by atoms with Crippen molar-refractivity contribution >= 4 is 6.09 Å². The Balaban J connectivity index is 1.44. The number of hydrogen-bond donors (Lipinski definition) is 2. The topological polar surface area (TPSA) is 55.8 Å². The number of hydrogen-bond acceptors (Lipinski definition) is 3. The van der Waals surface area contributed by atoms with Crippen LogP contribution in [0, 0.1) is 0 Å². The van der Waals surface area contributed by atoms with E-state index < -0.39 is 6.09 Å². The molecule has 2 heterocycles. The Morgan fingerprint density at radius 1 is 0.944 bits per heavy atom. The molecule has 1 saturated carbocycles. The van der Waals surface area contributed by atoms with Gasteiger partial charge >= 0.3 is 6.09 Å². The summed E-state index contributed by atoms with van der Waals surface area (Å²) in [6.45, 7) is 4.44. The average molecular weight is 253 g/mol. The SMILES string of the molecule is O=C(O)NC1CCN(C2CCN(C3CC3)CC2)C1. The van der Waals surface area contributed by atoms with Crippen LogP contribution in [0.5, 0.6) is 0 Å². The minimum atomic E-state index is -0.884. The molecule has 0 aromatic heterocycles. The Hall–Kier alpha value is -0.810. The molecule has 1 aliphatic carbocycles. The van der Waals surface area contributed by atoms with Crippen molar-refractivity contribution in [3.05, 3.63) is 0 Å². The summed E-state index contributed by atoms with van der Waals surface area (Å²) in [7, 11) is 0. The molecule has 0 bridgehead atoms. The van der Waals surface area contributed by atoms with Gasteiger partial charge in [0.05, 0.1) is 0 Å². The number of amides is 1. The summed E-state index contributed by atoms with van der Waals surface area (Å²) in [5.41, 5.74) is 0. The van der Waals surface area contributed by atoms with Crippen LogP contribution in [0.25, 0.3) is 0 Å². The number of carbonyl (C=O) groups is 1. The van der Waals surface area contributed by atoms with Crippen molar-refractivity contribution in [1.82, 2.24) is 15.1 Å². The first-order valence-electron chi connectivity index (χ1n) is 7.20. The molecule has 1 amide bonds. The first-order chi connectivity index (χ1) is 8.72. The normalized spacial score (nSPS) is 31.7. The van der Waals surface area contributed by atoms with Gasteiger partial charge in [-0.05, 0) is 45.2 Å². The molecule has 1 unspecified atom stereocenters. The molecule has 5 heteroatoms. The zero-order valence-electron chi connectivity index (χ0n) is 10.8. The molecule has 18 heavy (non-hydrogen) atoms. The average Bonchev–Trinajstić information content (AvgIpc) is 3.10. The van der Waals surface area contributed by atoms with Crippen LogP contribution in [0.15, 0.2) is 0 Å². The monoisotopic (exact) mass is 253 g/mol. The van der Waals surface area contributed by atoms with E-state index in [1.165, 1.54) is 38.8 Å². The smallest absolute Gasteiger partial charge is 0.404 e. The number of nitrogens with zero attached hydrogens (tertiary/aromatic N) is 2. The van der Waals surface area contributed by atoms with Gasteiger partial charge < -0.3 is 15.3 Å². The predicted molar refractivity (Wildman–Crippen MR) is 68.8 cm³/mol. The van der Waals surface area contributed by atoms with Gasteiger partial charge in [-0.3, -0.25) is 4.90 Å². The third kappa shape index (κ3) is 2.78. The Morgan fingerprint density at radius 3 is 2.17 bits per heavy atom. The van der Waals surface area contributed by atoms with Crippen molar-refractivity contribution in [2.24, 2.45) is 0 Å². The van der Waals surface area contributed by atoms with Crippen LogP contribution in [0.1, 0.15) is 32.1 Å². The Morgan fingerprint density at radius 2 is 1.56 bits per heavy atom. The molecule has 0 radical (unpaired) electrons. The standard InChI is InChI=1S/C13H23N3O2/c17-13(18)14-10-3-6-16(9-10)12-4-7-15(8-5-12)11-1-2-11/h10-12,14H,1-9H2,(H,17,18). The second-order valence-corrected chi connectivity index (χ2v) is 5.93. The van der Waals surface area contributed by atoms with Gasteiger partial charge in [0.25, 0.3) is 0 Å². The zero-order chi connectivity index (χ0) is 12.5. The summed E-state index contributed by atoms with van der Waals surface area (Å²) in [6.07, 6.45) is 5.41. The lowest BCUT2D eigenvalue weighted by atomic mass is 10.0. The Labute approximate surface area is 108 Å². The molecule has 5 nitrogen and oxygen atoms in total. The summed E-state index contributed by atoms with van der Waals surface area (Å²) in [6, 6.07) is 1.72. The Bertz CT molecular complexity index is 311.